The van der Waals surface area contributed by atoms with Crippen molar-refractivity contribution in [2.24, 2.45) is 0 Å². The molecule has 4 heterocycles. The number of ether oxygens (including phenoxy) is 1. The van der Waals surface area contributed by atoms with Gasteiger partial charge in [0.25, 0.3) is 0 Å². The standard InChI is InChI=1S/C24H22F4N6O3/c1-23(30-22(35)36)7-8-33(12-23)20(24(26,27)28)14-4-6-18-31-32-21(34(18)11-14)16-5-3-13-9-15(25)10-17(37-2)19(13)29-16/h3-6,9-11,20,30H,7-8,12H2,1-2H3,(H,35,36)/t20-,23-/m0/s1. The number of aromatic nitrogens is 4. The molecule has 1 aromatic carbocycles. The van der Waals surface area contributed by atoms with Crippen molar-refractivity contribution in [2.75, 3.05) is 20.2 Å². The molecule has 0 saturated carbocycles. The highest BCUT2D eigenvalue weighted by Gasteiger charge is 2.49. The van der Waals surface area contributed by atoms with E-state index < -0.39 is 29.7 Å². The number of nitrogens with zero attached hydrogens (tertiary/aromatic N) is 5. The molecule has 0 unspecified atom stereocenters. The van der Waals surface area contributed by atoms with Crippen molar-refractivity contribution in [3.8, 4) is 17.3 Å². The molecule has 1 aliphatic rings. The fourth-order valence-electron chi connectivity index (χ4n) is 4.88. The van der Waals surface area contributed by atoms with Gasteiger partial charge in [0.2, 0.25) is 0 Å². The maximum Gasteiger partial charge on any atom is 0.408 e. The number of likely N-dealkylation sites (tertiary alicyclic amines) is 1. The summed E-state index contributed by atoms with van der Waals surface area (Å²) in [6.45, 7) is 1.52. The average molecular weight is 518 g/mol. The van der Waals surface area contributed by atoms with Crippen LogP contribution in [-0.2, 0) is 0 Å². The molecule has 37 heavy (non-hydrogen) atoms. The Morgan fingerprint density at radius 2 is 2.00 bits per heavy atom. The van der Waals surface area contributed by atoms with E-state index in [9.17, 15) is 22.4 Å². The molecule has 1 fully saturated rings. The molecule has 1 amide bonds. The summed E-state index contributed by atoms with van der Waals surface area (Å²) in [5.74, 6) is -0.0911. The van der Waals surface area contributed by atoms with Gasteiger partial charge in [-0.25, -0.2) is 14.2 Å². The first-order valence-electron chi connectivity index (χ1n) is 11.3. The minimum Gasteiger partial charge on any atom is -0.494 e. The number of hydrogen-bond acceptors (Lipinski definition) is 6. The van der Waals surface area contributed by atoms with Gasteiger partial charge in [-0.05, 0) is 37.1 Å². The number of hydrogen-bond donors (Lipinski definition) is 2. The van der Waals surface area contributed by atoms with Crippen molar-refractivity contribution < 1.29 is 32.2 Å². The lowest BCUT2D eigenvalue weighted by atomic mass is 10.0. The van der Waals surface area contributed by atoms with Crippen LogP contribution in [0.15, 0.2) is 42.6 Å². The van der Waals surface area contributed by atoms with Crippen molar-refractivity contribution in [1.82, 2.24) is 29.8 Å². The number of benzene rings is 1. The van der Waals surface area contributed by atoms with Gasteiger partial charge in [-0.2, -0.15) is 13.2 Å². The van der Waals surface area contributed by atoms with Crippen molar-refractivity contribution in [2.45, 2.75) is 31.1 Å². The van der Waals surface area contributed by atoms with Gasteiger partial charge in [0, 0.05) is 30.7 Å². The van der Waals surface area contributed by atoms with Gasteiger partial charge >= 0.3 is 12.3 Å². The van der Waals surface area contributed by atoms with Gasteiger partial charge in [0.05, 0.1) is 12.6 Å². The summed E-state index contributed by atoms with van der Waals surface area (Å²) in [7, 11) is 1.38. The number of fused-ring (bicyclic) bond motifs is 2. The van der Waals surface area contributed by atoms with E-state index in [0.29, 0.717) is 22.2 Å². The lowest BCUT2D eigenvalue weighted by Crippen LogP contribution is -2.48. The van der Waals surface area contributed by atoms with Gasteiger partial charge in [-0.1, -0.05) is 12.1 Å². The number of amides is 1. The van der Waals surface area contributed by atoms with E-state index >= 15 is 0 Å². The molecule has 0 spiro atoms. The molecule has 0 bridgehead atoms. The molecule has 3 aromatic heterocycles. The Labute approximate surface area is 207 Å². The average Bonchev–Trinajstić information content (AvgIpc) is 3.40. The number of rotatable bonds is 5. The second-order valence-electron chi connectivity index (χ2n) is 9.25. The zero-order valence-electron chi connectivity index (χ0n) is 19.8. The van der Waals surface area contributed by atoms with Crippen LogP contribution in [0.2, 0.25) is 0 Å². The number of nitrogens with one attached hydrogen (secondary N) is 1. The summed E-state index contributed by atoms with van der Waals surface area (Å²) in [4.78, 5) is 16.9. The fourth-order valence-corrected chi connectivity index (χ4v) is 4.88. The topological polar surface area (TPSA) is 105 Å². The lowest BCUT2D eigenvalue weighted by Gasteiger charge is -2.32. The van der Waals surface area contributed by atoms with E-state index in [1.54, 1.807) is 19.1 Å². The first-order valence-corrected chi connectivity index (χ1v) is 11.3. The van der Waals surface area contributed by atoms with Crippen molar-refractivity contribution in [3.63, 3.8) is 0 Å². The molecule has 0 aliphatic carbocycles. The Bertz CT molecular complexity index is 1510. The maximum atomic E-state index is 14.3. The van der Waals surface area contributed by atoms with E-state index in [2.05, 4.69) is 20.5 Å². The quantitative estimate of drug-likeness (QED) is 0.377. The number of halogens is 4. The molecule has 9 nitrogen and oxygen atoms in total. The molecular weight excluding hydrogens is 496 g/mol. The Balaban J connectivity index is 1.57. The smallest absolute Gasteiger partial charge is 0.408 e. The van der Waals surface area contributed by atoms with Crippen molar-refractivity contribution in [3.05, 3.63) is 54.0 Å². The molecular formula is C24H22F4N6O3. The molecule has 194 valence electrons. The van der Waals surface area contributed by atoms with Crippen LogP contribution in [0.4, 0.5) is 22.4 Å². The van der Waals surface area contributed by atoms with Gasteiger partial charge in [-0.3, -0.25) is 9.30 Å². The van der Waals surface area contributed by atoms with Crippen LogP contribution in [0.5, 0.6) is 5.75 Å². The molecule has 4 aromatic rings. The highest BCUT2D eigenvalue weighted by Crippen LogP contribution is 2.41. The number of methoxy groups -OCH3 is 1. The third kappa shape index (κ3) is 4.61. The summed E-state index contributed by atoms with van der Waals surface area (Å²) >= 11 is 0. The zero-order chi connectivity index (χ0) is 26.5. The number of carboxylic acid groups (broad SMARTS) is 1. The summed E-state index contributed by atoms with van der Waals surface area (Å²) < 4.78 is 63.5. The third-order valence-electron chi connectivity index (χ3n) is 6.50. The summed E-state index contributed by atoms with van der Waals surface area (Å²) in [6, 6.07) is 6.49. The normalized spacial score (nSPS) is 19.4. The molecule has 2 atom stereocenters. The molecule has 1 saturated heterocycles. The van der Waals surface area contributed by atoms with E-state index in [0.717, 1.165) is 0 Å². The van der Waals surface area contributed by atoms with Crippen LogP contribution in [0.3, 0.4) is 0 Å². The molecule has 13 heteroatoms. The highest BCUT2D eigenvalue weighted by atomic mass is 19.4. The second-order valence-corrected chi connectivity index (χ2v) is 9.25. The van der Waals surface area contributed by atoms with Crippen molar-refractivity contribution >= 4 is 22.6 Å². The Hall–Kier alpha value is -4.00. The Morgan fingerprint density at radius 3 is 2.70 bits per heavy atom. The monoisotopic (exact) mass is 518 g/mol. The van der Waals surface area contributed by atoms with Gasteiger partial charge in [-0.15, -0.1) is 10.2 Å². The SMILES string of the molecule is COc1cc(F)cc2ccc(-c3nnc4ccc([C@H](N5CC[C@](C)(NC(=O)O)C5)C(F)(F)F)cn34)nc12. The Morgan fingerprint density at radius 1 is 1.22 bits per heavy atom. The molecule has 1 aliphatic heterocycles. The lowest BCUT2D eigenvalue weighted by molar-refractivity contribution is -0.184. The predicted molar refractivity (Wildman–Crippen MR) is 125 cm³/mol. The first kappa shape index (κ1) is 24.7. The van der Waals surface area contributed by atoms with Crippen LogP contribution in [0.1, 0.15) is 24.9 Å². The van der Waals surface area contributed by atoms with E-state index in [1.807, 2.05) is 0 Å². The minimum atomic E-state index is -4.63. The highest BCUT2D eigenvalue weighted by molar-refractivity contribution is 5.86. The van der Waals surface area contributed by atoms with Crippen LogP contribution in [-0.4, -0.2) is 67.6 Å². The minimum absolute atomic E-state index is 0.0522. The van der Waals surface area contributed by atoms with Crippen LogP contribution < -0.4 is 10.1 Å². The molecule has 5 rings (SSSR count). The zero-order valence-corrected chi connectivity index (χ0v) is 19.8. The van der Waals surface area contributed by atoms with Gasteiger partial charge in [0.15, 0.2) is 11.5 Å². The molecule has 0 radical (unpaired) electrons. The largest absolute Gasteiger partial charge is 0.494 e. The molecule has 2 N–H and O–H groups in total. The maximum absolute atomic E-state index is 14.3. The van der Waals surface area contributed by atoms with E-state index in [-0.39, 0.29) is 36.6 Å². The summed E-state index contributed by atoms with van der Waals surface area (Å²) in [6.07, 6.45) is -4.37. The number of carbonyl (C=O) groups is 1. The van der Waals surface area contributed by atoms with E-state index in [4.69, 9.17) is 9.84 Å². The van der Waals surface area contributed by atoms with Crippen molar-refractivity contribution in [1.29, 1.82) is 0 Å². The van der Waals surface area contributed by atoms with Gasteiger partial charge < -0.3 is 15.2 Å². The van der Waals surface area contributed by atoms with Gasteiger partial charge in [0.1, 0.15) is 28.8 Å². The Kier molecular flexibility index (Phi) is 5.89. The second kappa shape index (κ2) is 8.83. The van der Waals surface area contributed by atoms with Crippen LogP contribution >= 0.6 is 0 Å². The number of alkyl halides is 3. The fraction of sp³-hybridized carbons (Fsp3) is 0.333. The van der Waals surface area contributed by atoms with Crippen LogP contribution in [0, 0.1) is 5.82 Å². The van der Waals surface area contributed by atoms with Crippen LogP contribution in [0.25, 0.3) is 28.1 Å². The third-order valence-corrected chi connectivity index (χ3v) is 6.50. The summed E-state index contributed by atoms with van der Waals surface area (Å²) in [5.41, 5.74) is -0.0726. The predicted octanol–water partition coefficient (Wildman–Crippen LogP) is 4.43. The number of pyridine rings is 2. The summed E-state index contributed by atoms with van der Waals surface area (Å²) in [5, 5.41) is 20.1. The van der Waals surface area contributed by atoms with E-state index in [1.165, 1.54) is 46.9 Å². The first-order chi connectivity index (χ1) is 17.5.